The molecule has 3 atom stereocenters. The summed E-state index contributed by atoms with van der Waals surface area (Å²) in [6, 6.07) is 11.7. The van der Waals surface area contributed by atoms with Crippen LogP contribution >= 0.6 is 28.1 Å². The Morgan fingerprint density at radius 3 is 2.63 bits per heavy atom. The number of benzene rings is 2. The van der Waals surface area contributed by atoms with Crippen molar-refractivity contribution in [3.8, 4) is 0 Å². The molecule has 0 spiro atoms. The molecule has 14 heteroatoms. The van der Waals surface area contributed by atoms with E-state index in [4.69, 9.17) is 21.7 Å². The van der Waals surface area contributed by atoms with Crippen molar-refractivity contribution >= 4 is 45.3 Å². The Hall–Kier alpha value is -3.36. The topological polar surface area (TPSA) is 94.5 Å². The minimum absolute atomic E-state index is 0.237. The van der Waals surface area contributed by atoms with Gasteiger partial charge in [0, 0.05) is 28.0 Å². The molecular formula is C24H19BrF4N4O4S. The number of amides is 1. The largest absolute Gasteiger partial charge is 0.448 e. The van der Waals surface area contributed by atoms with Crippen LogP contribution in [0.4, 0.5) is 22.4 Å². The van der Waals surface area contributed by atoms with Gasteiger partial charge >= 0.3 is 12.3 Å². The number of carbonyl (C=O) groups excluding carboxylic acids is 2. The number of ether oxygens (including phenoxy) is 2. The monoisotopic (exact) mass is 614 g/mol. The first-order chi connectivity index (χ1) is 18.0. The molecule has 2 aromatic carbocycles. The SMILES string of the molecule is O=C(NC(=S)NC1(c2cc(Br)ccc2F)COC(C(F)(F)F)C1COC(=O)n1ccnc1)c1ccccc1. The van der Waals surface area contributed by atoms with Gasteiger partial charge in [-0.05, 0) is 42.5 Å². The highest BCUT2D eigenvalue weighted by Crippen LogP contribution is 2.46. The van der Waals surface area contributed by atoms with Gasteiger partial charge in [0.05, 0.1) is 18.1 Å². The molecular weight excluding hydrogens is 596 g/mol. The van der Waals surface area contributed by atoms with Crippen LogP contribution in [0.2, 0.25) is 0 Å². The highest BCUT2D eigenvalue weighted by molar-refractivity contribution is 9.10. The van der Waals surface area contributed by atoms with Gasteiger partial charge in [-0.2, -0.15) is 13.2 Å². The van der Waals surface area contributed by atoms with Crippen LogP contribution in [0.1, 0.15) is 15.9 Å². The molecule has 0 bridgehead atoms. The molecule has 1 aliphatic heterocycles. The summed E-state index contributed by atoms with van der Waals surface area (Å²) in [5, 5.41) is 4.72. The molecule has 1 fully saturated rings. The molecule has 1 aromatic heterocycles. The summed E-state index contributed by atoms with van der Waals surface area (Å²) in [6.07, 6.45) is -4.72. The second kappa shape index (κ2) is 11.2. The molecule has 1 saturated heterocycles. The number of hydrogen-bond donors (Lipinski definition) is 2. The van der Waals surface area contributed by atoms with Gasteiger partial charge in [-0.1, -0.05) is 34.1 Å². The number of rotatable bonds is 5. The quantitative estimate of drug-likeness (QED) is 0.322. The summed E-state index contributed by atoms with van der Waals surface area (Å²) >= 11 is 8.48. The Morgan fingerprint density at radius 2 is 1.97 bits per heavy atom. The van der Waals surface area contributed by atoms with E-state index in [1.165, 1.54) is 36.7 Å². The van der Waals surface area contributed by atoms with Gasteiger partial charge in [-0.25, -0.2) is 18.7 Å². The minimum Gasteiger partial charge on any atom is -0.448 e. The number of nitrogens with zero attached hydrogens (tertiary/aromatic N) is 2. The maximum atomic E-state index is 15.2. The van der Waals surface area contributed by atoms with E-state index >= 15 is 4.39 Å². The van der Waals surface area contributed by atoms with E-state index in [2.05, 4.69) is 31.5 Å². The zero-order valence-electron chi connectivity index (χ0n) is 19.2. The lowest BCUT2D eigenvalue weighted by Gasteiger charge is -2.37. The second-order valence-electron chi connectivity index (χ2n) is 8.30. The zero-order chi connectivity index (χ0) is 27.5. The molecule has 0 radical (unpaired) electrons. The molecule has 2 N–H and O–H groups in total. The number of nitrogens with one attached hydrogen (secondary N) is 2. The Kier molecular flexibility index (Phi) is 8.13. The summed E-state index contributed by atoms with van der Waals surface area (Å²) in [5.41, 5.74) is -2.00. The number of thiocarbonyl (C=S) groups is 1. The number of halogens is 5. The van der Waals surface area contributed by atoms with E-state index in [-0.39, 0.29) is 16.2 Å². The zero-order valence-corrected chi connectivity index (χ0v) is 21.6. The minimum atomic E-state index is -4.91. The molecule has 3 unspecified atom stereocenters. The molecule has 2 heterocycles. The van der Waals surface area contributed by atoms with Crippen molar-refractivity contribution in [3.05, 3.63) is 88.7 Å². The fourth-order valence-electron chi connectivity index (χ4n) is 4.17. The van der Waals surface area contributed by atoms with Gasteiger partial charge in [0.15, 0.2) is 11.2 Å². The standard InChI is InChI=1S/C24H19BrF4N4O4S/c25-15-6-7-18(26)16(10-15)23(32-21(38)31-20(34)14-4-2-1-3-5-14)12-37-19(24(27,28)29)17(23)11-36-22(35)33-9-8-30-13-33/h1-10,13,17,19H,11-12H2,(H2,31,32,34,38). The van der Waals surface area contributed by atoms with E-state index in [1.807, 2.05) is 0 Å². The van der Waals surface area contributed by atoms with Crippen LogP contribution in [0.15, 0.2) is 71.7 Å². The third kappa shape index (κ3) is 5.87. The van der Waals surface area contributed by atoms with Crippen LogP contribution in [0, 0.1) is 11.7 Å². The smallest absolute Gasteiger partial charge is 0.419 e. The van der Waals surface area contributed by atoms with Gasteiger partial charge in [-0.15, -0.1) is 0 Å². The van der Waals surface area contributed by atoms with Crippen molar-refractivity contribution in [2.45, 2.75) is 17.8 Å². The van der Waals surface area contributed by atoms with Crippen molar-refractivity contribution < 1.29 is 36.6 Å². The lowest BCUT2D eigenvalue weighted by Crippen LogP contribution is -2.58. The van der Waals surface area contributed by atoms with Gasteiger partial charge in [0.25, 0.3) is 5.91 Å². The van der Waals surface area contributed by atoms with Gasteiger partial charge in [0.2, 0.25) is 0 Å². The van der Waals surface area contributed by atoms with Crippen molar-refractivity contribution in [1.29, 1.82) is 0 Å². The average Bonchev–Trinajstić information content (AvgIpc) is 3.53. The summed E-state index contributed by atoms with van der Waals surface area (Å²) in [6.45, 7) is -1.55. The van der Waals surface area contributed by atoms with E-state index in [0.29, 0.717) is 4.47 Å². The van der Waals surface area contributed by atoms with Crippen molar-refractivity contribution in [2.24, 2.45) is 5.92 Å². The Labute approximate surface area is 227 Å². The van der Waals surface area contributed by atoms with Gasteiger partial charge < -0.3 is 14.8 Å². The van der Waals surface area contributed by atoms with Crippen molar-refractivity contribution in [2.75, 3.05) is 13.2 Å². The third-order valence-electron chi connectivity index (χ3n) is 5.92. The van der Waals surface area contributed by atoms with Crippen molar-refractivity contribution in [1.82, 2.24) is 20.2 Å². The van der Waals surface area contributed by atoms with E-state index in [9.17, 15) is 22.8 Å². The molecule has 200 valence electrons. The Bertz CT molecular complexity index is 1330. The molecule has 0 aliphatic carbocycles. The second-order valence-corrected chi connectivity index (χ2v) is 9.62. The predicted molar refractivity (Wildman–Crippen MR) is 134 cm³/mol. The van der Waals surface area contributed by atoms with E-state index < -0.39 is 54.8 Å². The maximum Gasteiger partial charge on any atom is 0.419 e. The summed E-state index contributed by atoms with van der Waals surface area (Å²) in [7, 11) is 0. The highest BCUT2D eigenvalue weighted by atomic mass is 79.9. The average molecular weight is 615 g/mol. The Morgan fingerprint density at radius 1 is 1.24 bits per heavy atom. The fourth-order valence-corrected chi connectivity index (χ4v) is 4.81. The van der Waals surface area contributed by atoms with Crippen LogP contribution in [0.3, 0.4) is 0 Å². The molecule has 1 amide bonds. The number of hydrogen-bond acceptors (Lipinski definition) is 6. The lowest BCUT2D eigenvalue weighted by atomic mass is 9.77. The molecule has 4 rings (SSSR count). The molecule has 1 aliphatic rings. The first kappa shape index (κ1) is 27.7. The van der Waals surface area contributed by atoms with Gasteiger partial charge in [-0.3, -0.25) is 10.1 Å². The van der Waals surface area contributed by atoms with Crippen LogP contribution in [-0.2, 0) is 15.0 Å². The fraction of sp³-hybridized carbons (Fsp3) is 0.250. The van der Waals surface area contributed by atoms with Crippen LogP contribution in [-0.4, -0.2) is 52.2 Å². The number of aromatic nitrogens is 2. The van der Waals surface area contributed by atoms with Crippen LogP contribution in [0.25, 0.3) is 0 Å². The molecule has 8 nitrogen and oxygen atoms in total. The maximum absolute atomic E-state index is 15.2. The first-order valence-electron chi connectivity index (χ1n) is 11.0. The van der Waals surface area contributed by atoms with Crippen molar-refractivity contribution in [3.63, 3.8) is 0 Å². The normalized spacial score (nSPS) is 21.1. The first-order valence-corrected chi connectivity index (χ1v) is 12.2. The molecule has 3 aromatic rings. The Balaban J connectivity index is 1.71. The number of imidazole rings is 1. The number of carbonyl (C=O) groups is 2. The summed E-state index contributed by atoms with van der Waals surface area (Å²) in [5.74, 6) is -3.22. The van der Waals surface area contributed by atoms with E-state index in [0.717, 1.165) is 17.0 Å². The van der Waals surface area contributed by atoms with Crippen LogP contribution < -0.4 is 10.6 Å². The van der Waals surface area contributed by atoms with Crippen LogP contribution in [0.5, 0.6) is 0 Å². The third-order valence-corrected chi connectivity index (χ3v) is 6.62. The summed E-state index contributed by atoms with van der Waals surface area (Å²) < 4.78 is 69.1. The lowest BCUT2D eigenvalue weighted by molar-refractivity contribution is -0.219. The number of alkyl halides is 3. The highest BCUT2D eigenvalue weighted by Gasteiger charge is 2.61. The predicted octanol–water partition coefficient (Wildman–Crippen LogP) is 4.55. The molecule has 0 saturated carbocycles. The summed E-state index contributed by atoms with van der Waals surface area (Å²) in [4.78, 5) is 28.7. The molecule has 38 heavy (non-hydrogen) atoms. The van der Waals surface area contributed by atoms with E-state index in [1.54, 1.807) is 18.2 Å². The van der Waals surface area contributed by atoms with Gasteiger partial charge in [0.1, 0.15) is 18.8 Å².